The third kappa shape index (κ3) is 4.83. The van der Waals surface area contributed by atoms with Crippen LogP contribution in [-0.4, -0.2) is 18.9 Å². The fourth-order valence-electron chi connectivity index (χ4n) is 2.03. The van der Waals surface area contributed by atoms with Crippen LogP contribution in [0.3, 0.4) is 0 Å². The number of hydrogen-bond acceptors (Lipinski definition) is 6. The van der Waals surface area contributed by atoms with Crippen molar-refractivity contribution in [1.82, 2.24) is 0 Å². The number of nitrogens with one attached hydrogen (secondary N) is 2. The molecule has 2 aromatic carbocycles. The Kier molecular flexibility index (Phi) is 5.61. The first-order valence-corrected chi connectivity index (χ1v) is 8.76. The SMILES string of the molecule is Cc1ccc(N)c(N/C=C(/C#N)C(=O)Nc2cccc(S(=O)(=O)O)c2)c1. The zero-order valence-corrected chi connectivity index (χ0v) is 14.5. The predicted molar refractivity (Wildman–Crippen MR) is 97.8 cm³/mol. The minimum Gasteiger partial charge on any atom is -0.397 e. The van der Waals surface area contributed by atoms with Crippen LogP contribution in [0.4, 0.5) is 17.1 Å². The van der Waals surface area contributed by atoms with E-state index in [1.807, 2.05) is 13.0 Å². The van der Waals surface area contributed by atoms with Gasteiger partial charge in [0.05, 0.1) is 16.3 Å². The van der Waals surface area contributed by atoms with Crippen molar-refractivity contribution in [1.29, 1.82) is 5.26 Å². The molecule has 0 atom stereocenters. The number of nitriles is 1. The number of benzene rings is 2. The maximum atomic E-state index is 12.2. The Bertz CT molecular complexity index is 1020. The minimum atomic E-state index is -4.40. The van der Waals surface area contributed by atoms with Gasteiger partial charge in [0.25, 0.3) is 16.0 Å². The van der Waals surface area contributed by atoms with E-state index in [1.54, 1.807) is 18.2 Å². The van der Waals surface area contributed by atoms with E-state index in [2.05, 4.69) is 10.6 Å². The van der Waals surface area contributed by atoms with Gasteiger partial charge in [-0.3, -0.25) is 9.35 Å². The lowest BCUT2D eigenvalue weighted by Crippen LogP contribution is -2.15. The number of nitrogens with zero attached hydrogens (tertiary/aromatic N) is 1. The van der Waals surface area contributed by atoms with E-state index < -0.39 is 16.0 Å². The molecule has 0 bridgehead atoms. The number of nitrogen functional groups attached to an aromatic ring is 1. The standard InChI is InChI=1S/C17H16N4O4S/c1-11-5-6-15(19)16(7-11)20-10-12(9-18)17(22)21-13-3-2-4-14(8-13)26(23,24)25/h2-8,10,20H,19H2,1H3,(H,21,22)(H,23,24,25)/b12-10-. The van der Waals surface area contributed by atoms with Gasteiger partial charge in [-0.05, 0) is 42.8 Å². The van der Waals surface area contributed by atoms with Gasteiger partial charge in [-0.2, -0.15) is 13.7 Å². The lowest BCUT2D eigenvalue weighted by atomic mass is 10.2. The van der Waals surface area contributed by atoms with Gasteiger partial charge < -0.3 is 16.4 Å². The average molecular weight is 372 g/mol. The number of carbonyl (C=O) groups is 1. The fourth-order valence-corrected chi connectivity index (χ4v) is 2.55. The summed E-state index contributed by atoms with van der Waals surface area (Å²) in [7, 11) is -4.40. The molecule has 2 rings (SSSR count). The Morgan fingerprint density at radius 2 is 2.00 bits per heavy atom. The quantitative estimate of drug-likeness (QED) is 0.272. The molecule has 0 aliphatic carbocycles. The molecule has 26 heavy (non-hydrogen) atoms. The molecular weight excluding hydrogens is 356 g/mol. The Morgan fingerprint density at radius 1 is 1.27 bits per heavy atom. The summed E-state index contributed by atoms with van der Waals surface area (Å²) >= 11 is 0. The topological polar surface area (TPSA) is 145 Å². The van der Waals surface area contributed by atoms with Gasteiger partial charge in [0.1, 0.15) is 11.6 Å². The molecule has 0 aliphatic rings. The van der Waals surface area contributed by atoms with Gasteiger partial charge in [-0.15, -0.1) is 0 Å². The second-order valence-corrected chi connectivity index (χ2v) is 6.78. The number of rotatable bonds is 5. The van der Waals surface area contributed by atoms with Crippen molar-refractivity contribution in [2.45, 2.75) is 11.8 Å². The Hall–Kier alpha value is -3.35. The van der Waals surface area contributed by atoms with Crippen molar-refractivity contribution < 1.29 is 17.8 Å². The maximum absolute atomic E-state index is 12.2. The van der Waals surface area contributed by atoms with Gasteiger partial charge in [-0.25, -0.2) is 0 Å². The first kappa shape index (κ1) is 19.0. The van der Waals surface area contributed by atoms with Crippen LogP contribution in [0.2, 0.25) is 0 Å². The van der Waals surface area contributed by atoms with Gasteiger partial charge in [-0.1, -0.05) is 12.1 Å². The molecule has 5 N–H and O–H groups in total. The van der Waals surface area contributed by atoms with Gasteiger partial charge >= 0.3 is 0 Å². The highest BCUT2D eigenvalue weighted by Gasteiger charge is 2.13. The summed E-state index contributed by atoms with van der Waals surface area (Å²) in [5.41, 5.74) is 7.62. The number of carbonyl (C=O) groups excluding carboxylic acids is 1. The van der Waals surface area contributed by atoms with Crippen LogP contribution in [0.15, 0.2) is 59.1 Å². The van der Waals surface area contributed by atoms with Crippen LogP contribution in [-0.2, 0) is 14.9 Å². The molecule has 0 unspecified atom stereocenters. The third-order valence-electron chi connectivity index (χ3n) is 3.34. The molecule has 0 heterocycles. The van der Waals surface area contributed by atoms with Crippen LogP contribution in [0.5, 0.6) is 0 Å². The zero-order chi connectivity index (χ0) is 19.3. The van der Waals surface area contributed by atoms with E-state index in [-0.39, 0.29) is 16.2 Å². The molecule has 0 saturated heterocycles. The van der Waals surface area contributed by atoms with Crippen LogP contribution in [0, 0.1) is 18.3 Å². The summed E-state index contributed by atoms with van der Waals surface area (Å²) in [6.45, 7) is 1.87. The van der Waals surface area contributed by atoms with Crippen molar-refractivity contribution in [3.63, 3.8) is 0 Å². The molecule has 8 nitrogen and oxygen atoms in total. The van der Waals surface area contributed by atoms with Gasteiger partial charge in [0.15, 0.2) is 0 Å². The molecule has 2 aromatic rings. The number of nitrogens with two attached hydrogens (primary N) is 1. The maximum Gasteiger partial charge on any atom is 0.294 e. The van der Waals surface area contributed by atoms with E-state index in [0.717, 1.165) is 11.6 Å². The largest absolute Gasteiger partial charge is 0.397 e. The average Bonchev–Trinajstić information content (AvgIpc) is 2.58. The van der Waals surface area contributed by atoms with Crippen molar-refractivity contribution in [3.05, 3.63) is 59.8 Å². The number of aryl methyl sites for hydroxylation is 1. The molecule has 0 aromatic heterocycles. The molecule has 134 valence electrons. The summed E-state index contributed by atoms with van der Waals surface area (Å²) < 4.78 is 31.3. The molecule has 0 saturated carbocycles. The summed E-state index contributed by atoms with van der Waals surface area (Å²) in [5.74, 6) is -0.751. The minimum absolute atomic E-state index is 0.112. The van der Waals surface area contributed by atoms with Crippen molar-refractivity contribution in [3.8, 4) is 6.07 Å². The lowest BCUT2D eigenvalue weighted by molar-refractivity contribution is -0.112. The summed E-state index contributed by atoms with van der Waals surface area (Å²) in [6.07, 6.45) is 1.20. The first-order chi connectivity index (χ1) is 12.2. The highest BCUT2D eigenvalue weighted by molar-refractivity contribution is 7.85. The van der Waals surface area contributed by atoms with Crippen molar-refractivity contribution >= 4 is 33.1 Å². The predicted octanol–water partition coefficient (Wildman–Crippen LogP) is 2.28. The molecular formula is C17H16N4O4S. The molecule has 0 radical (unpaired) electrons. The van der Waals surface area contributed by atoms with Crippen LogP contribution in [0.25, 0.3) is 0 Å². The van der Waals surface area contributed by atoms with E-state index in [9.17, 15) is 18.5 Å². The Balaban J connectivity index is 2.19. The van der Waals surface area contributed by atoms with Gasteiger partial charge in [0.2, 0.25) is 0 Å². The second kappa shape index (κ2) is 7.69. The molecule has 9 heteroatoms. The zero-order valence-electron chi connectivity index (χ0n) is 13.7. The summed E-state index contributed by atoms with van der Waals surface area (Å²) in [5, 5.41) is 14.4. The van der Waals surface area contributed by atoms with E-state index in [1.165, 1.54) is 24.4 Å². The van der Waals surface area contributed by atoms with Crippen LogP contribution < -0.4 is 16.4 Å². The molecule has 1 amide bonds. The second-order valence-electron chi connectivity index (χ2n) is 5.36. The van der Waals surface area contributed by atoms with E-state index in [0.29, 0.717) is 11.4 Å². The molecule has 0 spiro atoms. The Morgan fingerprint density at radius 3 is 2.65 bits per heavy atom. The number of amides is 1. The monoisotopic (exact) mass is 372 g/mol. The fraction of sp³-hybridized carbons (Fsp3) is 0.0588. The third-order valence-corrected chi connectivity index (χ3v) is 4.19. The van der Waals surface area contributed by atoms with Crippen molar-refractivity contribution in [2.24, 2.45) is 0 Å². The number of anilines is 3. The smallest absolute Gasteiger partial charge is 0.294 e. The Labute approximate surface area is 150 Å². The van der Waals surface area contributed by atoms with E-state index >= 15 is 0 Å². The first-order valence-electron chi connectivity index (χ1n) is 7.32. The van der Waals surface area contributed by atoms with E-state index in [4.69, 9.17) is 10.3 Å². The van der Waals surface area contributed by atoms with Gasteiger partial charge in [0, 0.05) is 11.9 Å². The van der Waals surface area contributed by atoms with Crippen LogP contribution >= 0.6 is 0 Å². The number of hydrogen-bond donors (Lipinski definition) is 4. The summed E-state index contributed by atoms with van der Waals surface area (Å²) in [4.78, 5) is 11.8. The molecule has 0 fully saturated rings. The van der Waals surface area contributed by atoms with Crippen LogP contribution in [0.1, 0.15) is 5.56 Å². The normalized spacial score (nSPS) is 11.5. The highest BCUT2D eigenvalue weighted by Crippen LogP contribution is 2.20. The highest BCUT2D eigenvalue weighted by atomic mass is 32.2. The lowest BCUT2D eigenvalue weighted by Gasteiger charge is -2.08. The molecule has 0 aliphatic heterocycles. The van der Waals surface area contributed by atoms with Crippen molar-refractivity contribution in [2.75, 3.05) is 16.4 Å². The summed E-state index contributed by atoms with van der Waals surface area (Å²) in [6, 6.07) is 12.0.